The molecule has 0 aromatic carbocycles. The Morgan fingerprint density at radius 2 is 2.13 bits per heavy atom. The van der Waals surface area contributed by atoms with Crippen molar-refractivity contribution in [2.24, 2.45) is 28.7 Å². The average molecular weight is 415 g/mol. The molecule has 0 spiro atoms. The number of hydrazine groups is 1. The summed E-state index contributed by atoms with van der Waals surface area (Å²) in [6.45, 7) is 12.9. The van der Waals surface area contributed by atoms with E-state index in [1.807, 2.05) is 0 Å². The van der Waals surface area contributed by atoms with Crippen LogP contribution in [-0.4, -0.2) is 68.3 Å². The van der Waals surface area contributed by atoms with Crippen LogP contribution in [0.3, 0.4) is 0 Å². The zero-order valence-corrected chi connectivity index (χ0v) is 18.7. The van der Waals surface area contributed by atoms with Gasteiger partial charge >= 0.3 is 0 Å². The smallest absolute Gasteiger partial charge is 0.0821 e. The normalized spacial score (nSPS) is 42.6. The summed E-state index contributed by atoms with van der Waals surface area (Å²) in [5.74, 6) is 2.65. The Morgan fingerprint density at radius 1 is 1.23 bits per heavy atom. The van der Waals surface area contributed by atoms with Crippen molar-refractivity contribution in [3.05, 3.63) is 23.5 Å². The van der Waals surface area contributed by atoms with E-state index >= 15 is 0 Å². The molecule has 0 saturated carbocycles. The van der Waals surface area contributed by atoms with Crippen LogP contribution in [0.4, 0.5) is 0 Å². The fraction of sp³-hybridized carbons (Fsp3) is 0.783. The third kappa shape index (κ3) is 3.75. The van der Waals surface area contributed by atoms with Crippen LogP contribution in [0.2, 0.25) is 0 Å². The molecular formula is C23H38N6O. The predicted molar refractivity (Wildman–Crippen MR) is 120 cm³/mol. The highest BCUT2D eigenvalue weighted by atomic mass is 16.5. The first-order chi connectivity index (χ1) is 14.6. The largest absolute Gasteiger partial charge is 0.379 e. The van der Waals surface area contributed by atoms with E-state index in [2.05, 4.69) is 59.4 Å². The maximum Gasteiger partial charge on any atom is 0.0821 e. The lowest BCUT2D eigenvalue weighted by atomic mass is 9.63. The summed E-state index contributed by atoms with van der Waals surface area (Å²) < 4.78 is 5.75. The van der Waals surface area contributed by atoms with Crippen molar-refractivity contribution in [2.45, 2.75) is 51.9 Å². The van der Waals surface area contributed by atoms with E-state index in [4.69, 9.17) is 9.73 Å². The Labute approximate surface area is 180 Å². The number of fused-ring (bicyclic) bond motifs is 1. The Morgan fingerprint density at radius 3 is 2.90 bits per heavy atom. The molecule has 5 rings (SSSR count). The van der Waals surface area contributed by atoms with Crippen molar-refractivity contribution in [1.82, 2.24) is 26.4 Å². The maximum atomic E-state index is 5.75. The molecule has 7 heteroatoms. The summed E-state index contributed by atoms with van der Waals surface area (Å²) in [5, 5.41) is 7.69. The van der Waals surface area contributed by atoms with E-state index in [0.717, 1.165) is 51.0 Å². The van der Waals surface area contributed by atoms with Crippen LogP contribution in [0.5, 0.6) is 0 Å². The minimum absolute atomic E-state index is 0.259. The molecule has 7 nitrogen and oxygen atoms in total. The Balaban J connectivity index is 1.49. The van der Waals surface area contributed by atoms with Crippen LogP contribution in [0.25, 0.3) is 0 Å². The summed E-state index contributed by atoms with van der Waals surface area (Å²) in [5.41, 5.74) is 10.3. The van der Waals surface area contributed by atoms with E-state index in [0.29, 0.717) is 30.0 Å². The van der Waals surface area contributed by atoms with E-state index in [9.17, 15) is 0 Å². The van der Waals surface area contributed by atoms with Gasteiger partial charge in [0.25, 0.3) is 0 Å². The van der Waals surface area contributed by atoms with Crippen LogP contribution in [0.1, 0.15) is 33.6 Å². The number of hydrogen-bond donors (Lipinski definition) is 4. The lowest BCUT2D eigenvalue weighted by Gasteiger charge is -2.53. The quantitative estimate of drug-likeness (QED) is 0.557. The highest BCUT2D eigenvalue weighted by Crippen LogP contribution is 2.45. The maximum absolute atomic E-state index is 5.75. The summed E-state index contributed by atoms with van der Waals surface area (Å²) in [6.07, 6.45) is 7.24. The van der Waals surface area contributed by atoms with Gasteiger partial charge in [0.1, 0.15) is 0 Å². The first-order valence-electron chi connectivity index (χ1n) is 11.9. The SMILES string of the molecule is CC1=CN=C(C2=CCNN2)C2NC(N3CCOC[C@H]3C)CC(C3CCNCC3C)C12. The number of ether oxygens (including phenoxy) is 1. The van der Waals surface area contributed by atoms with Gasteiger partial charge in [0.15, 0.2) is 0 Å². The number of rotatable bonds is 3. The first-order valence-corrected chi connectivity index (χ1v) is 11.9. The van der Waals surface area contributed by atoms with Crippen molar-refractivity contribution in [1.29, 1.82) is 0 Å². The van der Waals surface area contributed by atoms with Gasteiger partial charge in [-0.25, -0.2) is 5.43 Å². The molecule has 30 heavy (non-hydrogen) atoms. The number of morpholine rings is 1. The van der Waals surface area contributed by atoms with Gasteiger partial charge in [-0.1, -0.05) is 6.92 Å². The highest BCUT2D eigenvalue weighted by molar-refractivity contribution is 6.05. The summed E-state index contributed by atoms with van der Waals surface area (Å²) in [7, 11) is 0. The van der Waals surface area contributed by atoms with Gasteiger partial charge in [0.05, 0.1) is 36.8 Å². The molecule has 3 saturated heterocycles. The highest BCUT2D eigenvalue weighted by Gasteiger charge is 2.48. The lowest BCUT2D eigenvalue weighted by molar-refractivity contribution is -0.0555. The number of nitrogens with zero attached hydrogens (tertiary/aromatic N) is 2. The number of aliphatic imine (C=N–C) groups is 1. The number of nitrogens with one attached hydrogen (secondary N) is 4. The van der Waals surface area contributed by atoms with Gasteiger partial charge in [0.2, 0.25) is 0 Å². The minimum atomic E-state index is 0.259. The Hall–Kier alpha value is -1.25. The van der Waals surface area contributed by atoms with Crippen LogP contribution in [0.15, 0.2) is 28.5 Å². The second-order valence-electron chi connectivity index (χ2n) is 9.89. The van der Waals surface area contributed by atoms with Gasteiger partial charge in [-0.2, -0.15) is 0 Å². The zero-order chi connectivity index (χ0) is 20.7. The van der Waals surface area contributed by atoms with E-state index < -0.39 is 0 Å². The molecule has 0 radical (unpaired) electrons. The third-order valence-electron chi connectivity index (χ3n) is 8.04. The number of hydrogen-bond acceptors (Lipinski definition) is 7. The van der Waals surface area contributed by atoms with Crippen LogP contribution in [0, 0.1) is 23.7 Å². The van der Waals surface area contributed by atoms with Gasteiger partial charge in [-0.15, -0.1) is 0 Å². The number of piperidine rings is 2. The van der Waals surface area contributed by atoms with Gasteiger partial charge in [-0.05, 0) is 69.2 Å². The lowest BCUT2D eigenvalue weighted by Crippen LogP contribution is -2.66. The zero-order valence-electron chi connectivity index (χ0n) is 18.7. The van der Waals surface area contributed by atoms with Gasteiger partial charge < -0.3 is 15.5 Å². The summed E-state index contributed by atoms with van der Waals surface area (Å²) in [4.78, 5) is 7.59. The molecule has 0 aromatic heterocycles. The molecule has 5 aliphatic rings. The molecule has 0 bridgehead atoms. The van der Waals surface area contributed by atoms with Crippen LogP contribution < -0.4 is 21.5 Å². The molecule has 3 fully saturated rings. The third-order valence-corrected chi connectivity index (χ3v) is 8.04. The molecule has 0 aliphatic carbocycles. The Kier molecular flexibility index (Phi) is 5.99. The molecule has 5 aliphatic heterocycles. The van der Waals surface area contributed by atoms with Gasteiger partial charge in [0, 0.05) is 31.2 Å². The van der Waals surface area contributed by atoms with Crippen molar-refractivity contribution >= 4 is 5.71 Å². The molecule has 166 valence electrons. The second-order valence-corrected chi connectivity index (χ2v) is 9.89. The fourth-order valence-electron chi connectivity index (χ4n) is 6.52. The molecule has 0 aromatic rings. The summed E-state index contributed by atoms with van der Waals surface area (Å²) in [6, 6.07) is 0.708. The van der Waals surface area contributed by atoms with Crippen molar-refractivity contribution < 1.29 is 4.74 Å². The second kappa shape index (κ2) is 8.71. The molecule has 6 unspecified atom stereocenters. The standard InChI is InChI=1S/C23H38N6O/c1-14-11-24-6-4-17(14)18-10-20(29-8-9-30-13-16(29)3)27-23-21(18)15(2)12-25-22(23)19-5-7-26-28-19/h5,12,14,16-18,20-21,23-24,26-28H,4,6-11,13H2,1-3H3/t14?,16-,17?,18?,20?,21?,23?/m1/s1. The van der Waals surface area contributed by atoms with E-state index in [1.165, 1.54) is 24.1 Å². The molecule has 0 amide bonds. The first kappa shape index (κ1) is 20.6. The van der Waals surface area contributed by atoms with Crippen molar-refractivity contribution in [3.63, 3.8) is 0 Å². The molecule has 4 N–H and O–H groups in total. The molecule has 5 heterocycles. The van der Waals surface area contributed by atoms with Crippen molar-refractivity contribution in [3.8, 4) is 0 Å². The molecular weight excluding hydrogens is 376 g/mol. The van der Waals surface area contributed by atoms with E-state index in [-0.39, 0.29) is 6.04 Å². The average Bonchev–Trinajstić information content (AvgIpc) is 3.29. The van der Waals surface area contributed by atoms with Crippen molar-refractivity contribution in [2.75, 3.05) is 39.4 Å². The minimum Gasteiger partial charge on any atom is -0.379 e. The summed E-state index contributed by atoms with van der Waals surface area (Å²) >= 11 is 0. The van der Waals surface area contributed by atoms with Crippen LogP contribution >= 0.6 is 0 Å². The monoisotopic (exact) mass is 414 g/mol. The van der Waals surface area contributed by atoms with E-state index in [1.54, 1.807) is 0 Å². The predicted octanol–water partition coefficient (Wildman–Crippen LogP) is 1.22. The topological polar surface area (TPSA) is 73.0 Å². The fourth-order valence-corrected chi connectivity index (χ4v) is 6.52. The van der Waals surface area contributed by atoms with Crippen LogP contribution in [-0.2, 0) is 4.74 Å². The molecule has 7 atom stereocenters. The van der Waals surface area contributed by atoms with Gasteiger partial charge in [-0.3, -0.25) is 15.2 Å². The Bertz CT molecular complexity index is 733.